The molecule has 0 aliphatic heterocycles. The third-order valence-electron chi connectivity index (χ3n) is 4.65. The molecule has 1 atom stereocenters. The molecule has 0 saturated carbocycles. The zero-order chi connectivity index (χ0) is 21.3. The van der Waals surface area contributed by atoms with Crippen molar-refractivity contribution >= 4 is 38.9 Å². The van der Waals surface area contributed by atoms with Crippen molar-refractivity contribution in [1.82, 2.24) is 9.88 Å². The standard InChI is InChI=1S/C20H20ClN3O3S2/c1-12-18(28-19(23-12)15-5-4-6-16(21)11-15)20(25)24(3)13(2)14-7-9-17(10-8-14)29(22,26)27/h4-11,13H,1-3H3,(H2,22,26,27). The van der Waals surface area contributed by atoms with E-state index in [0.717, 1.165) is 16.1 Å². The first-order valence-corrected chi connectivity index (χ1v) is 11.5. The van der Waals surface area contributed by atoms with E-state index in [1.165, 1.54) is 23.5 Å². The van der Waals surface area contributed by atoms with Crippen LogP contribution in [0.15, 0.2) is 53.4 Å². The van der Waals surface area contributed by atoms with E-state index >= 15 is 0 Å². The van der Waals surface area contributed by atoms with Crippen molar-refractivity contribution < 1.29 is 13.2 Å². The molecule has 3 rings (SSSR count). The maximum atomic E-state index is 13.1. The highest BCUT2D eigenvalue weighted by Gasteiger charge is 2.24. The molecular weight excluding hydrogens is 430 g/mol. The third-order valence-corrected chi connectivity index (χ3v) is 7.01. The number of aryl methyl sites for hydroxylation is 1. The number of carbonyl (C=O) groups is 1. The molecule has 0 radical (unpaired) electrons. The number of primary sulfonamides is 1. The van der Waals surface area contributed by atoms with Crippen LogP contribution in [0.4, 0.5) is 0 Å². The van der Waals surface area contributed by atoms with Crippen molar-refractivity contribution in [2.75, 3.05) is 7.05 Å². The van der Waals surface area contributed by atoms with Crippen LogP contribution in [0.3, 0.4) is 0 Å². The largest absolute Gasteiger partial charge is 0.334 e. The summed E-state index contributed by atoms with van der Waals surface area (Å²) in [6.07, 6.45) is 0. The van der Waals surface area contributed by atoms with Gasteiger partial charge < -0.3 is 4.90 Å². The van der Waals surface area contributed by atoms with Crippen LogP contribution in [0.5, 0.6) is 0 Å². The van der Waals surface area contributed by atoms with E-state index in [4.69, 9.17) is 16.7 Å². The zero-order valence-corrected chi connectivity index (χ0v) is 18.5. The van der Waals surface area contributed by atoms with Crippen LogP contribution in [0.25, 0.3) is 10.6 Å². The Kier molecular flexibility index (Phi) is 6.09. The van der Waals surface area contributed by atoms with Crippen molar-refractivity contribution in [3.8, 4) is 10.6 Å². The number of hydrogen-bond donors (Lipinski definition) is 1. The second kappa shape index (κ2) is 8.23. The van der Waals surface area contributed by atoms with Gasteiger partial charge in [0.2, 0.25) is 10.0 Å². The van der Waals surface area contributed by atoms with Gasteiger partial charge in [0, 0.05) is 17.6 Å². The number of amides is 1. The molecule has 2 aromatic carbocycles. The van der Waals surface area contributed by atoms with E-state index in [9.17, 15) is 13.2 Å². The second-order valence-corrected chi connectivity index (χ2v) is 9.65. The Bertz CT molecular complexity index is 1160. The van der Waals surface area contributed by atoms with Gasteiger partial charge >= 0.3 is 0 Å². The number of hydrogen-bond acceptors (Lipinski definition) is 5. The zero-order valence-electron chi connectivity index (χ0n) is 16.1. The van der Waals surface area contributed by atoms with Gasteiger partial charge in [-0.05, 0) is 43.7 Å². The molecule has 1 unspecified atom stereocenters. The summed E-state index contributed by atoms with van der Waals surface area (Å²) in [4.78, 5) is 19.8. The van der Waals surface area contributed by atoms with Crippen molar-refractivity contribution in [2.24, 2.45) is 5.14 Å². The van der Waals surface area contributed by atoms with Gasteiger partial charge in [0.15, 0.2) is 0 Å². The van der Waals surface area contributed by atoms with Crippen molar-refractivity contribution in [1.29, 1.82) is 0 Å². The molecule has 0 aliphatic carbocycles. The molecule has 0 saturated heterocycles. The number of rotatable bonds is 5. The molecule has 3 aromatic rings. The fourth-order valence-electron chi connectivity index (χ4n) is 2.84. The van der Waals surface area contributed by atoms with E-state index in [1.54, 1.807) is 37.1 Å². The van der Waals surface area contributed by atoms with E-state index in [0.29, 0.717) is 15.6 Å². The summed E-state index contributed by atoms with van der Waals surface area (Å²) in [5, 5.41) is 6.47. The predicted molar refractivity (Wildman–Crippen MR) is 116 cm³/mol. The fraction of sp³-hybridized carbons (Fsp3) is 0.200. The van der Waals surface area contributed by atoms with Gasteiger partial charge in [-0.2, -0.15) is 0 Å². The minimum atomic E-state index is -3.75. The summed E-state index contributed by atoms with van der Waals surface area (Å²) in [7, 11) is -2.05. The second-order valence-electron chi connectivity index (χ2n) is 6.65. The van der Waals surface area contributed by atoms with Gasteiger partial charge in [-0.15, -0.1) is 11.3 Å². The van der Waals surface area contributed by atoms with E-state index in [1.807, 2.05) is 25.1 Å². The summed E-state index contributed by atoms with van der Waals surface area (Å²) in [6.45, 7) is 3.68. The third kappa shape index (κ3) is 4.67. The highest BCUT2D eigenvalue weighted by Crippen LogP contribution is 2.31. The van der Waals surface area contributed by atoms with Crippen molar-refractivity contribution in [2.45, 2.75) is 24.8 Å². The van der Waals surface area contributed by atoms with Crippen molar-refractivity contribution in [3.05, 3.63) is 69.7 Å². The molecule has 1 amide bonds. The van der Waals surface area contributed by atoms with Crippen LogP contribution < -0.4 is 5.14 Å². The number of sulfonamides is 1. The molecule has 0 bridgehead atoms. The van der Waals surface area contributed by atoms with E-state index in [-0.39, 0.29) is 16.8 Å². The number of benzene rings is 2. The average Bonchev–Trinajstić information content (AvgIpc) is 3.07. The van der Waals surface area contributed by atoms with Crippen LogP contribution >= 0.6 is 22.9 Å². The first-order chi connectivity index (χ1) is 13.6. The van der Waals surface area contributed by atoms with E-state index in [2.05, 4.69) is 4.98 Å². The minimum absolute atomic E-state index is 0.0342. The number of aromatic nitrogens is 1. The minimum Gasteiger partial charge on any atom is -0.334 e. The Morgan fingerprint density at radius 3 is 2.45 bits per heavy atom. The molecule has 6 nitrogen and oxygen atoms in total. The van der Waals surface area contributed by atoms with Crippen LogP contribution in [-0.2, 0) is 10.0 Å². The SMILES string of the molecule is Cc1nc(-c2cccc(Cl)c2)sc1C(=O)N(C)C(C)c1ccc(S(N)(=O)=O)cc1. The van der Waals surface area contributed by atoms with Crippen LogP contribution in [-0.4, -0.2) is 31.3 Å². The summed E-state index contributed by atoms with van der Waals surface area (Å²) in [5.41, 5.74) is 2.31. The highest BCUT2D eigenvalue weighted by molar-refractivity contribution is 7.89. The molecule has 1 aromatic heterocycles. The number of carbonyl (C=O) groups excluding carboxylic acids is 1. The molecule has 29 heavy (non-hydrogen) atoms. The smallest absolute Gasteiger partial charge is 0.266 e. The maximum Gasteiger partial charge on any atom is 0.266 e. The Balaban J connectivity index is 1.84. The Hall–Kier alpha value is -2.26. The topological polar surface area (TPSA) is 93.4 Å². The van der Waals surface area contributed by atoms with Gasteiger partial charge in [0.25, 0.3) is 5.91 Å². The monoisotopic (exact) mass is 449 g/mol. The molecule has 152 valence electrons. The molecule has 2 N–H and O–H groups in total. The Morgan fingerprint density at radius 2 is 1.86 bits per heavy atom. The summed E-state index contributed by atoms with van der Waals surface area (Å²) >= 11 is 7.38. The van der Waals surface area contributed by atoms with Crippen LogP contribution in [0.2, 0.25) is 5.02 Å². The van der Waals surface area contributed by atoms with Gasteiger partial charge in [-0.3, -0.25) is 4.79 Å². The molecule has 0 aliphatic rings. The quantitative estimate of drug-likeness (QED) is 0.629. The summed E-state index contributed by atoms with van der Waals surface area (Å²) in [6, 6.07) is 13.3. The van der Waals surface area contributed by atoms with Gasteiger partial charge in [0.1, 0.15) is 9.88 Å². The number of halogens is 1. The first-order valence-electron chi connectivity index (χ1n) is 8.71. The molecule has 0 fully saturated rings. The lowest BCUT2D eigenvalue weighted by Crippen LogP contribution is -2.29. The first kappa shape index (κ1) is 21.4. The predicted octanol–water partition coefficient (Wildman–Crippen LogP) is 4.25. The Labute approximate surface area is 179 Å². The van der Waals surface area contributed by atoms with Gasteiger partial charge in [0.05, 0.1) is 16.6 Å². The lowest BCUT2D eigenvalue weighted by Gasteiger charge is -2.25. The molecule has 0 spiro atoms. The maximum absolute atomic E-state index is 13.1. The lowest BCUT2D eigenvalue weighted by molar-refractivity contribution is 0.0746. The number of nitrogens with zero attached hydrogens (tertiary/aromatic N) is 2. The fourth-order valence-corrected chi connectivity index (χ4v) is 4.59. The van der Waals surface area contributed by atoms with Crippen molar-refractivity contribution in [3.63, 3.8) is 0 Å². The number of nitrogens with two attached hydrogens (primary N) is 1. The number of thiazole rings is 1. The van der Waals surface area contributed by atoms with Gasteiger partial charge in [-0.1, -0.05) is 35.9 Å². The normalized spacial score (nSPS) is 12.6. The van der Waals surface area contributed by atoms with E-state index < -0.39 is 10.0 Å². The summed E-state index contributed by atoms with van der Waals surface area (Å²) < 4.78 is 22.8. The van der Waals surface area contributed by atoms with Crippen LogP contribution in [0.1, 0.15) is 33.9 Å². The van der Waals surface area contributed by atoms with Crippen LogP contribution in [0, 0.1) is 6.92 Å². The molecule has 1 heterocycles. The lowest BCUT2D eigenvalue weighted by atomic mass is 10.1. The molecular formula is C20H20ClN3O3S2. The highest BCUT2D eigenvalue weighted by atomic mass is 35.5. The Morgan fingerprint density at radius 1 is 1.21 bits per heavy atom. The molecule has 9 heteroatoms. The van der Waals surface area contributed by atoms with Gasteiger partial charge in [-0.25, -0.2) is 18.5 Å². The summed E-state index contributed by atoms with van der Waals surface area (Å²) in [5.74, 6) is -0.156. The average molecular weight is 450 g/mol.